The van der Waals surface area contributed by atoms with Crippen molar-refractivity contribution in [2.24, 2.45) is 0 Å². The van der Waals surface area contributed by atoms with Crippen molar-refractivity contribution >= 4 is 21.6 Å². The Kier molecular flexibility index (Phi) is 4.31. The van der Waals surface area contributed by atoms with E-state index < -0.39 is 0 Å². The molecule has 26 heavy (non-hydrogen) atoms. The zero-order chi connectivity index (χ0) is 18.1. The van der Waals surface area contributed by atoms with Crippen LogP contribution >= 0.6 is 11.3 Å². The molecule has 4 rings (SSSR count). The van der Waals surface area contributed by atoms with E-state index in [1.54, 1.807) is 18.0 Å². The highest BCUT2D eigenvalue weighted by Gasteiger charge is 2.13. The highest BCUT2D eigenvalue weighted by Crippen LogP contribution is 2.30. The third-order valence-electron chi connectivity index (χ3n) is 4.41. The van der Waals surface area contributed by atoms with Gasteiger partial charge in [-0.25, -0.2) is 4.98 Å². The van der Waals surface area contributed by atoms with E-state index in [0.29, 0.717) is 11.9 Å². The summed E-state index contributed by atoms with van der Waals surface area (Å²) in [7, 11) is 1.64. The van der Waals surface area contributed by atoms with Crippen molar-refractivity contribution < 1.29 is 4.74 Å². The molecule has 0 atom stereocenters. The topological polar surface area (TPSA) is 44.1 Å². The second-order valence-electron chi connectivity index (χ2n) is 6.22. The van der Waals surface area contributed by atoms with E-state index in [-0.39, 0.29) is 5.56 Å². The zero-order valence-electron chi connectivity index (χ0n) is 14.6. The Morgan fingerprint density at radius 1 is 1.15 bits per heavy atom. The number of hydrogen-bond acceptors (Lipinski definition) is 4. The number of ether oxygens (including phenoxy) is 1. The van der Waals surface area contributed by atoms with Gasteiger partial charge < -0.3 is 4.74 Å². The molecule has 2 heterocycles. The van der Waals surface area contributed by atoms with Crippen molar-refractivity contribution in [3.05, 3.63) is 81.7 Å². The molecule has 0 aliphatic rings. The van der Waals surface area contributed by atoms with Crippen LogP contribution in [-0.2, 0) is 6.54 Å². The normalized spacial score (nSPS) is 11.0. The summed E-state index contributed by atoms with van der Waals surface area (Å²) in [5.41, 5.74) is 4.17. The van der Waals surface area contributed by atoms with E-state index in [0.717, 1.165) is 27.3 Å². The predicted molar refractivity (Wildman–Crippen MR) is 106 cm³/mol. The number of thiophene rings is 1. The maximum atomic E-state index is 13.1. The molecule has 130 valence electrons. The number of rotatable bonds is 4. The number of hydrogen-bond donors (Lipinski definition) is 0. The summed E-state index contributed by atoms with van der Waals surface area (Å²) in [5, 5.41) is 2.70. The van der Waals surface area contributed by atoms with E-state index in [1.165, 1.54) is 16.9 Å². The fourth-order valence-corrected chi connectivity index (χ4v) is 3.90. The number of fused-ring (bicyclic) bond motifs is 1. The molecule has 4 aromatic rings. The van der Waals surface area contributed by atoms with Crippen LogP contribution in [0, 0.1) is 6.92 Å². The largest absolute Gasteiger partial charge is 0.497 e. The van der Waals surface area contributed by atoms with Crippen LogP contribution < -0.4 is 10.3 Å². The van der Waals surface area contributed by atoms with Gasteiger partial charge in [0, 0.05) is 10.9 Å². The molecule has 0 N–H and O–H groups in total. The van der Waals surface area contributed by atoms with Gasteiger partial charge in [0.2, 0.25) is 0 Å². The minimum Gasteiger partial charge on any atom is -0.497 e. The average Bonchev–Trinajstić information content (AvgIpc) is 3.10. The summed E-state index contributed by atoms with van der Waals surface area (Å²) in [6.07, 6.45) is 1.62. The zero-order valence-corrected chi connectivity index (χ0v) is 15.4. The average molecular weight is 362 g/mol. The summed E-state index contributed by atoms with van der Waals surface area (Å²) < 4.78 is 6.92. The molecule has 5 heteroatoms. The fraction of sp³-hybridized carbons (Fsp3) is 0.143. The molecule has 0 aliphatic heterocycles. The smallest absolute Gasteiger partial charge is 0.263 e. The Hall–Kier alpha value is -2.92. The van der Waals surface area contributed by atoms with Gasteiger partial charge in [0.15, 0.2) is 0 Å². The van der Waals surface area contributed by atoms with Gasteiger partial charge >= 0.3 is 0 Å². The first-order valence-electron chi connectivity index (χ1n) is 8.32. The molecule has 0 saturated carbocycles. The molecule has 0 amide bonds. The Bertz CT molecular complexity index is 1130. The lowest BCUT2D eigenvalue weighted by Crippen LogP contribution is -2.21. The molecule has 0 bridgehead atoms. The number of aromatic nitrogens is 2. The number of aryl methyl sites for hydroxylation is 1. The first-order chi connectivity index (χ1) is 12.7. The minimum atomic E-state index is -0.0188. The Morgan fingerprint density at radius 3 is 2.73 bits per heavy atom. The summed E-state index contributed by atoms with van der Waals surface area (Å²) in [6.45, 7) is 2.51. The fourth-order valence-electron chi connectivity index (χ4n) is 2.99. The lowest BCUT2D eigenvalue weighted by Gasteiger charge is -2.08. The van der Waals surface area contributed by atoms with Crippen LogP contribution in [-0.4, -0.2) is 16.7 Å². The second kappa shape index (κ2) is 6.77. The van der Waals surface area contributed by atoms with Gasteiger partial charge in [-0.2, -0.15) is 0 Å². The van der Waals surface area contributed by atoms with Crippen LogP contribution in [0.3, 0.4) is 0 Å². The third-order valence-corrected chi connectivity index (χ3v) is 5.30. The molecule has 0 radical (unpaired) electrons. The summed E-state index contributed by atoms with van der Waals surface area (Å²) in [4.78, 5) is 18.4. The highest BCUT2D eigenvalue weighted by atomic mass is 32.1. The molecular formula is C21H18N2O2S. The third kappa shape index (κ3) is 3.02. The van der Waals surface area contributed by atoms with Gasteiger partial charge in [0.05, 0.1) is 25.4 Å². The molecule has 0 fully saturated rings. The quantitative estimate of drug-likeness (QED) is 0.537. The highest BCUT2D eigenvalue weighted by molar-refractivity contribution is 7.17. The van der Waals surface area contributed by atoms with Crippen molar-refractivity contribution in [3.63, 3.8) is 0 Å². The van der Waals surface area contributed by atoms with Gasteiger partial charge in [0.25, 0.3) is 5.56 Å². The van der Waals surface area contributed by atoms with Gasteiger partial charge in [-0.1, -0.05) is 42.0 Å². The number of benzene rings is 2. The van der Waals surface area contributed by atoms with Gasteiger partial charge in [-0.15, -0.1) is 11.3 Å². The van der Waals surface area contributed by atoms with E-state index in [2.05, 4.69) is 36.2 Å². The van der Waals surface area contributed by atoms with Gasteiger partial charge in [-0.3, -0.25) is 9.36 Å². The predicted octanol–water partition coefficient (Wildman–Crippen LogP) is 4.49. The van der Waals surface area contributed by atoms with Gasteiger partial charge in [0.1, 0.15) is 10.6 Å². The molecule has 2 aromatic heterocycles. The number of nitrogens with zero attached hydrogens (tertiary/aromatic N) is 2. The maximum absolute atomic E-state index is 13.1. The molecule has 0 unspecified atom stereocenters. The van der Waals surface area contributed by atoms with Crippen LogP contribution in [0.1, 0.15) is 11.1 Å². The Morgan fingerprint density at radius 2 is 1.96 bits per heavy atom. The molecule has 2 aromatic carbocycles. The lowest BCUT2D eigenvalue weighted by molar-refractivity contribution is 0.414. The monoisotopic (exact) mass is 362 g/mol. The molecule has 4 nitrogen and oxygen atoms in total. The van der Waals surface area contributed by atoms with E-state index in [1.807, 2.05) is 29.6 Å². The first kappa shape index (κ1) is 16.5. The standard InChI is InChI=1S/C21H18N2O2S/c1-14-6-8-16(9-7-14)18-12-26-20-19(18)21(24)23(13-22-20)11-15-4-3-5-17(10-15)25-2/h3-10,12-13H,11H2,1-2H3. The summed E-state index contributed by atoms with van der Waals surface area (Å²) in [6, 6.07) is 16.0. The minimum absolute atomic E-state index is 0.0188. The number of methoxy groups -OCH3 is 1. The van der Waals surface area contributed by atoms with Crippen LogP contribution in [0.5, 0.6) is 5.75 Å². The molecular weight excluding hydrogens is 344 g/mol. The van der Waals surface area contributed by atoms with Crippen LogP contribution in [0.25, 0.3) is 21.3 Å². The van der Waals surface area contributed by atoms with Crippen molar-refractivity contribution in [2.45, 2.75) is 13.5 Å². The van der Waals surface area contributed by atoms with Crippen LogP contribution in [0.4, 0.5) is 0 Å². The summed E-state index contributed by atoms with van der Waals surface area (Å²) in [5.74, 6) is 0.778. The van der Waals surface area contributed by atoms with Crippen LogP contribution in [0.15, 0.2) is 65.0 Å². The van der Waals surface area contributed by atoms with Crippen molar-refractivity contribution in [1.29, 1.82) is 0 Å². The van der Waals surface area contributed by atoms with Crippen molar-refractivity contribution in [1.82, 2.24) is 9.55 Å². The Balaban J connectivity index is 1.80. The SMILES string of the molecule is COc1cccc(Cn2cnc3scc(-c4ccc(C)cc4)c3c2=O)c1. The van der Waals surface area contributed by atoms with Crippen molar-refractivity contribution in [2.75, 3.05) is 7.11 Å². The van der Waals surface area contributed by atoms with Crippen LogP contribution in [0.2, 0.25) is 0 Å². The van der Waals surface area contributed by atoms with E-state index in [4.69, 9.17) is 4.74 Å². The molecule has 0 aliphatic carbocycles. The molecule has 0 spiro atoms. The molecule has 0 saturated heterocycles. The van der Waals surface area contributed by atoms with Gasteiger partial charge in [-0.05, 0) is 30.2 Å². The maximum Gasteiger partial charge on any atom is 0.263 e. The Labute approximate surface area is 155 Å². The van der Waals surface area contributed by atoms with E-state index in [9.17, 15) is 4.79 Å². The first-order valence-corrected chi connectivity index (χ1v) is 9.20. The van der Waals surface area contributed by atoms with Crippen molar-refractivity contribution in [3.8, 4) is 16.9 Å². The summed E-state index contributed by atoms with van der Waals surface area (Å²) >= 11 is 1.50. The van der Waals surface area contributed by atoms with E-state index >= 15 is 0 Å². The lowest BCUT2D eigenvalue weighted by atomic mass is 10.1. The second-order valence-corrected chi connectivity index (χ2v) is 7.08.